The van der Waals surface area contributed by atoms with Crippen LogP contribution in [0.15, 0.2) is 18.5 Å². The molecule has 6 heteroatoms. The van der Waals surface area contributed by atoms with Gasteiger partial charge in [-0.2, -0.15) is 0 Å². The zero-order chi connectivity index (χ0) is 16.4. The number of aromatic nitrogens is 2. The van der Waals surface area contributed by atoms with E-state index in [-0.39, 0.29) is 5.92 Å². The molecular weight excluding hydrogens is 304 g/mol. The quantitative estimate of drug-likeness (QED) is 0.826. The Hall–Kier alpha value is -1.69. The number of piperidine rings is 2. The van der Waals surface area contributed by atoms with Crippen molar-refractivity contribution in [2.24, 2.45) is 11.3 Å². The maximum absolute atomic E-state index is 12.6. The molecule has 0 bridgehead atoms. The van der Waals surface area contributed by atoms with E-state index in [1.54, 1.807) is 0 Å². The van der Waals surface area contributed by atoms with Gasteiger partial charge in [-0.1, -0.05) is 0 Å². The van der Waals surface area contributed by atoms with Gasteiger partial charge in [0.05, 0.1) is 12.5 Å². The summed E-state index contributed by atoms with van der Waals surface area (Å²) in [5.74, 6) is 1.25. The van der Waals surface area contributed by atoms with Crippen LogP contribution >= 0.6 is 0 Å². The molecule has 0 N–H and O–H groups in total. The molecule has 1 atom stereocenters. The van der Waals surface area contributed by atoms with Gasteiger partial charge in [0.15, 0.2) is 0 Å². The van der Waals surface area contributed by atoms with Gasteiger partial charge < -0.3 is 14.5 Å². The zero-order valence-electron chi connectivity index (χ0n) is 14.2. The van der Waals surface area contributed by atoms with Crippen molar-refractivity contribution in [3.05, 3.63) is 18.5 Å². The second kappa shape index (κ2) is 6.67. The Balaban J connectivity index is 1.38. The van der Waals surface area contributed by atoms with E-state index < -0.39 is 0 Å². The maximum atomic E-state index is 12.6. The van der Waals surface area contributed by atoms with Crippen molar-refractivity contribution in [1.29, 1.82) is 0 Å². The van der Waals surface area contributed by atoms with Gasteiger partial charge in [0.25, 0.3) is 0 Å². The summed E-state index contributed by atoms with van der Waals surface area (Å²) in [6, 6.07) is 1.86. The van der Waals surface area contributed by atoms with E-state index in [1.165, 1.54) is 12.8 Å². The molecule has 24 heavy (non-hydrogen) atoms. The molecular formula is C18H26N4O2. The molecule has 1 unspecified atom stereocenters. The standard InChI is InChI=1S/C18H26N4O2/c23-16(15-3-12-24-13-15)21-10-5-18(6-11-21)4-1-9-22(14-18)17-19-7-2-8-20-17/h2,7-8,15H,1,3-6,9-14H2. The second-order valence-electron chi connectivity index (χ2n) is 7.46. The highest BCUT2D eigenvalue weighted by molar-refractivity contribution is 5.79. The number of rotatable bonds is 2. The fourth-order valence-electron chi connectivity index (χ4n) is 4.43. The molecule has 1 aromatic rings. The molecule has 1 aromatic heterocycles. The predicted molar refractivity (Wildman–Crippen MR) is 90.7 cm³/mol. The van der Waals surface area contributed by atoms with Gasteiger partial charge in [-0.25, -0.2) is 9.97 Å². The van der Waals surface area contributed by atoms with Crippen LogP contribution in [0.4, 0.5) is 5.95 Å². The monoisotopic (exact) mass is 330 g/mol. The smallest absolute Gasteiger partial charge is 0.228 e. The second-order valence-corrected chi connectivity index (χ2v) is 7.46. The minimum atomic E-state index is 0.0969. The van der Waals surface area contributed by atoms with E-state index in [0.29, 0.717) is 17.9 Å². The van der Waals surface area contributed by atoms with Gasteiger partial charge >= 0.3 is 0 Å². The Kier molecular flexibility index (Phi) is 4.39. The largest absolute Gasteiger partial charge is 0.381 e. The number of amides is 1. The number of likely N-dealkylation sites (tertiary alicyclic amines) is 1. The summed E-state index contributed by atoms with van der Waals surface area (Å²) in [6.45, 7) is 5.18. The summed E-state index contributed by atoms with van der Waals surface area (Å²) in [5, 5.41) is 0. The van der Waals surface area contributed by atoms with Crippen molar-refractivity contribution < 1.29 is 9.53 Å². The average molecular weight is 330 g/mol. The van der Waals surface area contributed by atoms with Gasteiger partial charge in [-0.15, -0.1) is 0 Å². The zero-order valence-corrected chi connectivity index (χ0v) is 14.2. The van der Waals surface area contributed by atoms with Crippen molar-refractivity contribution in [1.82, 2.24) is 14.9 Å². The number of hydrogen-bond acceptors (Lipinski definition) is 5. The molecule has 3 aliphatic heterocycles. The van der Waals surface area contributed by atoms with Crippen LogP contribution in [-0.4, -0.2) is 60.2 Å². The highest BCUT2D eigenvalue weighted by atomic mass is 16.5. The lowest BCUT2D eigenvalue weighted by Crippen LogP contribution is -2.52. The van der Waals surface area contributed by atoms with Gasteiger partial charge in [0.2, 0.25) is 11.9 Å². The Labute approximate surface area is 143 Å². The first kappa shape index (κ1) is 15.8. The van der Waals surface area contributed by atoms with Crippen molar-refractivity contribution in [3.8, 4) is 0 Å². The third-order valence-electron chi connectivity index (χ3n) is 5.91. The van der Waals surface area contributed by atoms with Crippen LogP contribution in [0.1, 0.15) is 32.1 Å². The van der Waals surface area contributed by atoms with E-state index in [1.807, 2.05) is 18.5 Å². The molecule has 0 aliphatic carbocycles. The Morgan fingerprint density at radius 2 is 1.96 bits per heavy atom. The maximum Gasteiger partial charge on any atom is 0.228 e. The van der Waals surface area contributed by atoms with Crippen LogP contribution in [0, 0.1) is 11.3 Å². The molecule has 1 spiro atoms. The lowest BCUT2D eigenvalue weighted by molar-refractivity contribution is -0.138. The number of hydrogen-bond donors (Lipinski definition) is 0. The van der Waals surface area contributed by atoms with Gasteiger partial charge in [0.1, 0.15) is 0 Å². The summed E-state index contributed by atoms with van der Waals surface area (Å²) < 4.78 is 5.37. The van der Waals surface area contributed by atoms with Gasteiger partial charge in [0, 0.05) is 45.2 Å². The fraction of sp³-hybridized carbons (Fsp3) is 0.722. The predicted octanol–water partition coefficient (Wildman–Crippen LogP) is 1.72. The first-order valence-corrected chi connectivity index (χ1v) is 9.14. The number of nitrogens with zero attached hydrogens (tertiary/aromatic N) is 4. The molecule has 3 saturated heterocycles. The van der Waals surface area contributed by atoms with Crippen molar-refractivity contribution in [2.75, 3.05) is 44.3 Å². The van der Waals surface area contributed by atoms with Crippen molar-refractivity contribution in [2.45, 2.75) is 32.1 Å². The van der Waals surface area contributed by atoms with Crippen molar-refractivity contribution in [3.63, 3.8) is 0 Å². The molecule has 0 radical (unpaired) electrons. The third-order valence-corrected chi connectivity index (χ3v) is 5.91. The molecule has 0 aromatic carbocycles. The van der Waals surface area contributed by atoms with E-state index in [9.17, 15) is 4.79 Å². The lowest BCUT2D eigenvalue weighted by atomic mass is 9.72. The van der Waals surface area contributed by atoms with E-state index in [4.69, 9.17) is 4.74 Å². The first-order valence-electron chi connectivity index (χ1n) is 9.14. The normalized spacial score (nSPS) is 26.8. The Morgan fingerprint density at radius 1 is 1.17 bits per heavy atom. The average Bonchev–Trinajstić information content (AvgIpc) is 3.17. The topological polar surface area (TPSA) is 58.6 Å². The summed E-state index contributed by atoms with van der Waals surface area (Å²) in [6.07, 6.45) is 9.14. The number of ether oxygens (including phenoxy) is 1. The number of anilines is 1. The summed E-state index contributed by atoms with van der Waals surface area (Å²) in [4.78, 5) is 25.8. The van der Waals surface area contributed by atoms with E-state index in [2.05, 4.69) is 19.8 Å². The van der Waals surface area contributed by atoms with E-state index >= 15 is 0 Å². The molecule has 4 rings (SSSR count). The van der Waals surface area contributed by atoms with Gasteiger partial charge in [-0.05, 0) is 43.6 Å². The van der Waals surface area contributed by atoms with Gasteiger partial charge in [-0.3, -0.25) is 4.79 Å². The van der Waals surface area contributed by atoms with Crippen LogP contribution in [0.3, 0.4) is 0 Å². The molecule has 3 fully saturated rings. The van der Waals surface area contributed by atoms with Crippen molar-refractivity contribution >= 4 is 11.9 Å². The fourth-order valence-corrected chi connectivity index (χ4v) is 4.43. The molecule has 6 nitrogen and oxygen atoms in total. The molecule has 0 saturated carbocycles. The minimum Gasteiger partial charge on any atom is -0.381 e. The SMILES string of the molecule is O=C(C1CCOC1)N1CCC2(CCCN(c3ncccn3)C2)CC1. The molecule has 1 amide bonds. The number of carbonyl (C=O) groups is 1. The highest BCUT2D eigenvalue weighted by Gasteiger charge is 2.41. The summed E-state index contributed by atoms with van der Waals surface area (Å²) >= 11 is 0. The van der Waals surface area contributed by atoms with E-state index in [0.717, 1.165) is 58.0 Å². The first-order chi connectivity index (χ1) is 11.8. The summed E-state index contributed by atoms with van der Waals surface area (Å²) in [7, 11) is 0. The lowest BCUT2D eigenvalue weighted by Gasteiger charge is -2.48. The Morgan fingerprint density at radius 3 is 2.67 bits per heavy atom. The van der Waals surface area contributed by atoms with Crippen LogP contribution in [0.2, 0.25) is 0 Å². The summed E-state index contributed by atoms with van der Waals surface area (Å²) in [5.41, 5.74) is 0.320. The van der Waals surface area contributed by atoms with Crippen LogP contribution < -0.4 is 4.90 Å². The molecule has 130 valence electrons. The third kappa shape index (κ3) is 3.11. The highest BCUT2D eigenvalue weighted by Crippen LogP contribution is 2.40. The number of carbonyl (C=O) groups excluding carboxylic acids is 1. The van der Waals surface area contributed by atoms with Crippen LogP contribution in [-0.2, 0) is 9.53 Å². The minimum absolute atomic E-state index is 0.0969. The Bertz CT molecular complexity index is 566. The van der Waals surface area contributed by atoms with Crippen LogP contribution in [0.25, 0.3) is 0 Å². The molecule has 4 heterocycles. The van der Waals surface area contributed by atoms with Crippen LogP contribution in [0.5, 0.6) is 0 Å². The molecule has 3 aliphatic rings.